The number of anilines is 1. The van der Waals surface area contributed by atoms with E-state index in [1.807, 2.05) is 18.5 Å². The van der Waals surface area contributed by atoms with Gasteiger partial charge in [0.05, 0.1) is 22.3 Å². The van der Waals surface area contributed by atoms with Crippen LogP contribution in [-0.4, -0.2) is 14.5 Å². The molecule has 0 unspecified atom stereocenters. The van der Waals surface area contributed by atoms with Gasteiger partial charge in [0.2, 0.25) is 0 Å². The molecule has 0 aliphatic carbocycles. The molecule has 3 aromatic rings. The molecule has 3 rings (SSSR count). The molecule has 0 bridgehead atoms. The van der Waals surface area contributed by atoms with Crippen LogP contribution in [0.5, 0.6) is 0 Å². The van der Waals surface area contributed by atoms with Gasteiger partial charge in [-0.3, -0.25) is 4.98 Å². The number of pyridine rings is 1. The van der Waals surface area contributed by atoms with Crippen molar-refractivity contribution in [2.75, 3.05) is 5.73 Å². The van der Waals surface area contributed by atoms with Gasteiger partial charge in [0.1, 0.15) is 11.3 Å². The molecular weight excluding hydrogens is 280 g/mol. The van der Waals surface area contributed by atoms with Crippen molar-refractivity contribution in [1.82, 2.24) is 14.5 Å². The Bertz CT molecular complexity index is 821. The minimum Gasteiger partial charge on any atom is -0.390 e. The number of aromatic nitrogens is 3. The quantitative estimate of drug-likeness (QED) is 0.735. The van der Waals surface area contributed by atoms with Gasteiger partial charge in [0.25, 0.3) is 0 Å². The number of nitrogens with zero attached hydrogens (tertiary/aromatic N) is 3. The summed E-state index contributed by atoms with van der Waals surface area (Å²) in [5.41, 5.74) is 10.4. The molecule has 0 saturated heterocycles. The fourth-order valence-corrected chi connectivity index (χ4v) is 3.64. The van der Waals surface area contributed by atoms with Gasteiger partial charge in [0, 0.05) is 16.6 Å². The summed E-state index contributed by atoms with van der Waals surface area (Å²) in [5.74, 6) is 0.935. The SMILES string of the molecule is Cc1sc(N)c(-c2nc3cnccc3n2C(C)(C)C)c1C. The predicted molar refractivity (Wildman–Crippen MR) is 89.7 cm³/mol. The van der Waals surface area contributed by atoms with Crippen LogP contribution in [0, 0.1) is 13.8 Å². The van der Waals surface area contributed by atoms with Crippen molar-refractivity contribution >= 4 is 27.4 Å². The van der Waals surface area contributed by atoms with Crippen LogP contribution in [0.1, 0.15) is 31.2 Å². The summed E-state index contributed by atoms with van der Waals surface area (Å²) in [6, 6.07) is 2.02. The molecule has 4 nitrogen and oxygen atoms in total. The van der Waals surface area contributed by atoms with Crippen molar-refractivity contribution in [2.24, 2.45) is 0 Å². The summed E-state index contributed by atoms with van der Waals surface area (Å²) in [6.07, 6.45) is 3.62. The molecule has 21 heavy (non-hydrogen) atoms. The van der Waals surface area contributed by atoms with E-state index in [1.54, 1.807) is 11.3 Å². The molecule has 0 radical (unpaired) electrons. The highest BCUT2D eigenvalue weighted by Gasteiger charge is 2.25. The van der Waals surface area contributed by atoms with Gasteiger partial charge in [-0.15, -0.1) is 11.3 Å². The second-order valence-electron chi connectivity index (χ2n) is 6.33. The molecule has 2 N–H and O–H groups in total. The maximum atomic E-state index is 6.26. The predicted octanol–water partition coefficient (Wildman–Crippen LogP) is 4.11. The van der Waals surface area contributed by atoms with Gasteiger partial charge >= 0.3 is 0 Å². The van der Waals surface area contributed by atoms with Crippen molar-refractivity contribution in [3.8, 4) is 11.4 Å². The smallest absolute Gasteiger partial charge is 0.144 e. The maximum absolute atomic E-state index is 6.26. The molecule has 0 amide bonds. The van der Waals surface area contributed by atoms with Crippen LogP contribution in [0.25, 0.3) is 22.4 Å². The van der Waals surface area contributed by atoms with Gasteiger partial charge in [-0.2, -0.15) is 0 Å². The first-order valence-corrected chi connectivity index (χ1v) is 7.81. The van der Waals surface area contributed by atoms with Crippen molar-refractivity contribution in [1.29, 1.82) is 0 Å². The summed E-state index contributed by atoms with van der Waals surface area (Å²) in [5, 5.41) is 0.832. The topological polar surface area (TPSA) is 56.7 Å². The van der Waals surface area contributed by atoms with Gasteiger partial charge in [-0.25, -0.2) is 4.98 Å². The average molecular weight is 300 g/mol. The molecule has 0 spiro atoms. The Morgan fingerprint density at radius 2 is 1.95 bits per heavy atom. The van der Waals surface area contributed by atoms with Crippen molar-refractivity contribution in [3.63, 3.8) is 0 Å². The summed E-state index contributed by atoms with van der Waals surface area (Å²) in [4.78, 5) is 10.2. The number of hydrogen-bond donors (Lipinski definition) is 1. The number of imidazole rings is 1. The minimum absolute atomic E-state index is 0.0832. The lowest BCUT2D eigenvalue weighted by molar-refractivity contribution is 0.413. The highest BCUT2D eigenvalue weighted by Crippen LogP contribution is 2.40. The Kier molecular flexibility index (Phi) is 3.06. The third kappa shape index (κ3) is 2.12. The highest BCUT2D eigenvalue weighted by molar-refractivity contribution is 7.16. The van der Waals surface area contributed by atoms with E-state index in [1.165, 1.54) is 10.4 Å². The molecule has 3 aromatic heterocycles. The van der Waals surface area contributed by atoms with Crippen LogP contribution in [-0.2, 0) is 5.54 Å². The molecule has 110 valence electrons. The Labute approximate surface area is 128 Å². The number of nitrogen functional groups attached to an aromatic ring is 1. The van der Waals surface area contributed by atoms with E-state index in [0.29, 0.717) is 0 Å². The normalized spacial score (nSPS) is 12.2. The second kappa shape index (κ2) is 4.56. The fraction of sp³-hybridized carbons (Fsp3) is 0.375. The first kappa shape index (κ1) is 14.1. The highest BCUT2D eigenvalue weighted by atomic mass is 32.1. The van der Waals surface area contributed by atoms with E-state index >= 15 is 0 Å². The lowest BCUT2D eigenvalue weighted by atomic mass is 10.1. The number of thiophene rings is 1. The summed E-state index contributed by atoms with van der Waals surface area (Å²) < 4.78 is 2.26. The van der Waals surface area contributed by atoms with Crippen molar-refractivity contribution in [2.45, 2.75) is 40.2 Å². The Balaban J connectivity index is 2.42. The number of aryl methyl sites for hydroxylation is 1. The first-order valence-electron chi connectivity index (χ1n) is 6.99. The number of fused-ring (bicyclic) bond motifs is 1. The summed E-state index contributed by atoms with van der Waals surface area (Å²) in [7, 11) is 0. The van der Waals surface area contributed by atoms with E-state index in [2.05, 4.69) is 44.2 Å². The third-order valence-corrected chi connectivity index (χ3v) is 4.80. The maximum Gasteiger partial charge on any atom is 0.144 e. The standard InChI is InChI=1S/C16H20N4S/c1-9-10(2)21-14(17)13(9)15-19-11-8-18-7-6-12(11)20(15)16(3,4)5/h6-8H,17H2,1-5H3. The number of rotatable bonds is 1. The first-order chi connectivity index (χ1) is 9.80. The monoisotopic (exact) mass is 300 g/mol. The summed E-state index contributed by atoms with van der Waals surface area (Å²) in [6.45, 7) is 10.8. The molecular formula is C16H20N4S. The van der Waals surface area contributed by atoms with Gasteiger partial charge in [-0.05, 0) is 46.2 Å². The summed E-state index contributed by atoms with van der Waals surface area (Å²) >= 11 is 1.63. The molecule has 0 aliphatic heterocycles. The number of hydrogen-bond acceptors (Lipinski definition) is 4. The number of nitrogens with two attached hydrogens (primary N) is 1. The van der Waals surface area contributed by atoms with Crippen molar-refractivity contribution < 1.29 is 0 Å². The van der Waals surface area contributed by atoms with Gasteiger partial charge in [0.15, 0.2) is 0 Å². The zero-order valence-corrected chi connectivity index (χ0v) is 13.9. The van der Waals surface area contributed by atoms with E-state index in [0.717, 1.165) is 27.4 Å². The molecule has 0 saturated carbocycles. The van der Waals surface area contributed by atoms with Crippen LogP contribution < -0.4 is 5.73 Å². The molecule has 5 heteroatoms. The van der Waals surface area contributed by atoms with E-state index in [-0.39, 0.29) is 5.54 Å². The molecule has 3 heterocycles. The Morgan fingerprint density at radius 3 is 2.52 bits per heavy atom. The zero-order chi connectivity index (χ0) is 15.4. The van der Waals surface area contributed by atoms with Crippen LogP contribution in [0.2, 0.25) is 0 Å². The van der Waals surface area contributed by atoms with E-state index < -0.39 is 0 Å². The average Bonchev–Trinajstić information content (AvgIpc) is 2.87. The zero-order valence-electron chi connectivity index (χ0n) is 13.1. The molecule has 0 aliphatic rings. The molecule has 0 atom stereocenters. The van der Waals surface area contributed by atoms with E-state index in [9.17, 15) is 0 Å². The van der Waals surface area contributed by atoms with Gasteiger partial charge in [-0.1, -0.05) is 0 Å². The second-order valence-corrected chi connectivity index (χ2v) is 7.58. The largest absolute Gasteiger partial charge is 0.390 e. The van der Waals surface area contributed by atoms with Crippen LogP contribution in [0.15, 0.2) is 18.5 Å². The minimum atomic E-state index is -0.0832. The van der Waals surface area contributed by atoms with Gasteiger partial charge < -0.3 is 10.3 Å². The Morgan fingerprint density at radius 1 is 1.24 bits per heavy atom. The third-order valence-electron chi connectivity index (χ3n) is 3.76. The Hall–Kier alpha value is -1.88. The van der Waals surface area contributed by atoms with Crippen LogP contribution in [0.3, 0.4) is 0 Å². The lowest BCUT2D eigenvalue weighted by Gasteiger charge is -2.25. The van der Waals surface area contributed by atoms with Crippen molar-refractivity contribution in [3.05, 3.63) is 28.9 Å². The molecule has 0 fully saturated rings. The fourth-order valence-electron chi connectivity index (χ4n) is 2.71. The van der Waals surface area contributed by atoms with E-state index in [4.69, 9.17) is 10.7 Å². The van der Waals surface area contributed by atoms with Crippen LogP contribution in [0.4, 0.5) is 5.00 Å². The molecule has 0 aromatic carbocycles. The van der Waals surface area contributed by atoms with Crippen LogP contribution >= 0.6 is 11.3 Å². The lowest BCUT2D eigenvalue weighted by Crippen LogP contribution is -2.22.